The highest BCUT2D eigenvalue weighted by Crippen LogP contribution is 2.20. The Morgan fingerprint density at radius 3 is 2.20 bits per heavy atom. The number of aromatic nitrogens is 1. The summed E-state index contributed by atoms with van der Waals surface area (Å²) in [7, 11) is -3.70. The van der Waals surface area contributed by atoms with Gasteiger partial charge < -0.3 is 15.5 Å². The van der Waals surface area contributed by atoms with Crippen molar-refractivity contribution in [1.29, 1.82) is 0 Å². The van der Waals surface area contributed by atoms with Gasteiger partial charge in [-0.05, 0) is 41.5 Å². The lowest BCUT2D eigenvalue weighted by atomic mass is 10.1. The number of benzene rings is 2. The molecule has 35 heavy (non-hydrogen) atoms. The molecule has 10 heteroatoms. The maximum atomic E-state index is 13.1. The summed E-state index contributed by atoms with van der Waals surface area (Å²) in [6, 6.07) is 18.8. The molecule has 0 radical (unpaired) electrons. The minimum absolute atomic E-state index is 0.00882. The molecular weight excluding hydrogens is 466 g/mol. The predicted molar refractivity (Wildman–Crippen MR) is 132 cm³/mol. The molecule has 0 bridgehead atoms. The third kappa shape index (κ3) is 6.43. The van der Waals surface area contributed by atoms with Gasteiger partial charge in [-0.3, -0.25) is 9.78 Å². The van der Waals surface area contributed by atoms with Crippen LogP contribution in [-0.2, 0) is 27.8 Å². The van der Waals surface area contributed by atoms with E-state index in [1.54, 1.807) is 35.5 Å². The number of nitrogens with one attached hydrogen (secondary N) is 2. The van der Waals surface area contributed by atoms with Crippen LogP contribution in [-0.4, -0.2) is 60.7 Å². The summed E-state index contributed by atoms with van der Waals surface area (Å²) < 4.78 is 27.5. The molecule has 3 amide bonds. The summed E-state index contributed by atoms with van der Waals surface area (Å²) >= 11 is 0. The van der Waals surface area contributed by atoms with E-state index in [0.717, 1.165) is 11.1 Å². The van der Waals surface area contributed by atoms with Crippen molar-refractivity contribution in [3.63, 3.8) is 0 Å². The maximum absolute atomic E-state index is 13.1. The highest BCUT2D eigenvalue weighted by molar-refractivity contribution is 7.89. The average molecular weight is 494 g/mol. The van der Waals surface area contributed by atoms with Gasteiger partial charge in [0.05, 0.1) is 11.3 Å². The van der Waals surface area contributed by atoms with E-state index < -0.39 is 16.1 Å². The minimum atomic E-state index is -3.70. The van der Waals surface area contributed by atoms with Gasteiger partial charge >= 0.3 is 6.03 Å². The molecule has 182 valence electrons. The van der Waals surface area contributed by atoms with Crippen LogP contribution < -0.4 is 10.6 Å². The first-order valence-electron chi connectivity index (χ1n) is 11.3. The number of hydrogen-bond donors (Lipinski definition) is 2. The van der Waals surface area contributed by atoms with E-state index in [0.29, 0.717) is 31.7 Å². The van der Waals surface area contributed by atoms with E-state index in [9.17, 15) is 18.0 Å². The molecule has 1 aromatic heterocycles. The highest BCUT2D eigenvalue weighted by atomic mass is 32.2. The van der Waals surface area contributed by atoms with Gasteiger partial charge in [-0.25, -0.2) is 13.2 Å². The third-order valence-corrected chi connectivity index (χ3v) is 7.63. The molecule has 1 fully saturated rings. The number of hydrogen-bond acceptors (Lipinski definition) is 5. The molecule has 2 heterocycles. The third-order valence-electron chi connectivity index (χ3n) is 5.72. The van der Waals surface area contributed by atoms with Gasteiger partial charge in [0.2, 0.25) is 15.9 Å². The lowest BCUT2D eigenvalue weighted by Crippen LogP contribution is -2.50. The Morgan fingerprint density at radius 2 is 1.54 bits per heavy atom. The zero-order valence-corrected chi connectivity index (χ0v) is 19.9. The number of carbonyl (C=O) groups is 2. The number of pyridine rings is 1. The van der Waals surface area contributed by atoms with E-state index in [4.69, 9.17) is 0 Å². The van der Waals surface area contributed by atoms with Gasteiger partial charge in [-0.15, -0.1) is 0 Å². The van der Waals surface area contributed by atoms with Crippen LogP contribution in [0, 0.1) is 0 Å². The van der Waals surface area contributed by atoms with E-state index >= 15 is 0 Å². The number of carbonyl (C=O) groups excluding carboxylic acids is 2. The molecule has 1 aliphatic heterocycles. The zero-order chi connectivity index (χ0) is 24.7. The topological polar surface area (TPSA) is 112 Å². The molecule has 0 unspecified atom stereocenters. The Kier molecular flexibility index (Phi) is 7.74. The van der Waals surface area contributed by atoms with Crippen LogP contribution in [0.1, 0.15) is 11.1 Å². The molecule has 2 aromatic carbocycles. The smallest absolute Gasteiger partial charge is 0.319 e. The Labute approximate surface area is 204 Å². The SMILES string of the molecule is O=C(NCc1cccnc1)Nc1ccc(S(=O)(=O)N2CCN(C(=O)Cc3ccccc3)CC2)cc1. The molecule has 4 rings (SSSR count). The van der Waals surface area contributed by atoms with Gasteiger partial charge in [-0.1, -0.05) is 36.4 Å². The molecule has 2 N–H and O–H groups in total. The van der Waals surface area contributed by atoms with Crippen LogP contribution in [0.3, 0.4) is 0 Å². The van der Waals surface area contributed by atoms with Crippen molar-refractivity contribution >= 4 is 27.6 Å². The van der Waals surface area contributed by atoms with Gasteiger partial charge in [0.25, 0.3) is 0 Å². The molecule has 0 atom stereocenters. The van der Waals surface area contributed by atoms with Crippen molar-refractivity contribution in [3.05, 3.63) is 90.3 Å². The minimum Gasteiger partial charge on any atom is -0.340 e. The first-order chi connectivity index (χ1) is 16.9. The monoisotopic (exact) mass is 493 g/mol. The van der Waals surface area contributed by atoms with Gasteiger partial charge in [0.15, 0.2) is 0 Å². The lowest BCUT2D eigenvalue weighted by Gasteiger charge is -2.34. The van der Waals surface area contributed by atoms with Crippen LogP contribution in [0.5, 0.6) is 0 Å². The maximum Gasteiger partial charge on any atom is 0.319 e. The summed E-state index contributed by atoms with van der Waals surface area (Å²) in [5.41, 5.74) is 2.28. The second kappa shape index (κ2) is 11.1. The standard InChI is InChI=1S/C25H27N5O4S/c31-24(17-20-5-2-1-3-6-20)29-13-15-30(16-14-29)35(33,34)23-10-8-22(9-11-23)28-25(32)27-19-21-7-4-12-26-18-21/h1-12,18H,13-17,19H2,(H2,27,28,32). The molecule has 0 saturated carbocycles. The highest BCUT2D eigenvalue weighted by Gasteiger charge is 2.30. The van der Waals surface area contributed by atoms with E-state index in [1.807, 2.05) is 36.4 Å². The molecule has 1 aliphatic rings. The van der Waals surface area contributed by atoms with E-state index in [2.05, 4.69) is 15.6 Å². The summed E-state index contributed by atoms with van der Waals surface area (Å²) in [5.74, 6) is -0.00882. The van der Waals surface area contributed by atoms with Crippen LogP contribution in [0.15, 0.2) is 84.0 Å². The van der Waals surface area contributed by atoms with Crippen LogP contribution in [0.2, 0.25) is 0 Å². The Balaban J connectivity index is 1.28. The van der Waals surface area contributed by atoms with Gasteiger partial charge in [0.1, 0.15) is 0 Å². The van der Waals surface area contributed by atoms with Crippen LogP contribution >= 0.6 is 0 Å². The van der Waals surface area contributed by atoms with Crippen LogP contribution in [0.25, 0.3) is 0 Å². The fraction of sp³-hybridized carbons (Fsp3) is 0.240. The summed E-state index contributed by atoms with van der Waals surface area (Å²) in [5, 5.41) is 5.41. The van der Waals surface area contributed by atoms with Crippen molar-refractivity contribution in [3.8, 4) is 0 Å². The van der Waals surface area contributed by atoms with Crippen molar-refractivity contribution in [2.45, 2.75) is 17.9 Å². The van der Waals surface area contributed by atoms with Gasteiger partial charge in [0, 0.05) is 50.8 Å². The van der Waals surface area contributed by atoms with Crippen molar-refractivity contribution in [2.75, 3.05) is 31.5 Å². The van der Waals surface area contributed by atoms with Crippen molar-refractivity contribution < 1.29 is 18.0 Å². The quantitative estimate of drug-likeness (QED) is 0.525. The first-order valence-corrected chi connectivity index (χ1v) is 12.7. The van der Waals surface area contributed by atoms with Crippen LogP contribution in [0.4, 0.5) is 10.5 Å². The summed E-state index contributed by atoms with van der Waals surface area (Å²) in [4.78, 5) is 30.5. The number of sulfonamides is 1. The molecular formula is C25H27N5O4S. The molecule has 9 nitrogen and oxygen atoms in total. The van der Waals surface area contributed by atoms with Crippen molar-refractivity contribution in [1.82, 2.24) is 19.5 Å². The number of nitrogens with zero attached hydrogens (tertiary/aromatic N) is 3. The first kappa shape index (κ1) is 24.4. The fourth-order valence-electron chi connectivity index (χ4n) is 3.78. The largest absolute Gasteiger partial charge is 0.340 e. The normalized spacial score (nSPS) is 14.3. The second-order valence-electron chi connectivity index (χ2n) is 8.14. The fourth-order valence-corrected chi connectivity index (χ4v) is 5.20. The Hall–Kier alpha value is -3.76. The zero-order valence-electron chi connectivity index (χ0n) is 19.1. The molecule has 3 aromatic rings. The van der Waals surface area contributed by atoms with Crippen molar-refractivity contribution in [2.24, 2.45) is 0 Å². The molecule has 0 aliphatic carbocycles. The Bertz CT molecular complexity index is 1240. The number of urea groups is 1. The Morgan fingerprint density at radius 1 is 0.857 bits per heavy atom. The predicted octanol–water partition coefficient (Wildman–Crippen LogP) is 2.48. The lowest BCUT2D eigenvalue weighted by molar-refractivity contribution is -0.131. The summed E-state index contributed by atoms with van der Waals surface area (Å²) in [6.45, 7) is 1.49. The number of rotatable bonds is 7. The molecule has 0 spiro atoms. The molecule has 1 saturated heterocycles. The van der Waals surface area contributed by atoms with Gasteiger partial charge in [-0.2, -0.15) is 4.31 Å². The number of amides is 3. The summed E-state index contributed by atoms with van der Waals surface area (Å²) in [6.07, 6.45) is 3.63. The number of anilines is 1. The second-order valence-corrected chi connectivity index (χ2v) is 10.1. The van der Waals surface area contributed by atoms with E-state index in [1.165, 1.54) is 16.4 Å². The number of piperazine rings is 1. The average Bonchev–Trinajstić information content (AvgIpc) is 2.89. The van der Waals surface area contributed by atoms with E-state index in [-0.39, 0.29) is 23.9 Å².